The summed E-state index contributed by atoms with van der Waals surface area (Å²) in [5.41, 5.74) is 0.944. The quantitative estimate of drug-likeness (QED) is 0.337. The van der Waals surface area contributed by atoms with Gasteiger partial charge in [-0.05, 0) is 43.3 Å². The predicted octanol–water partition coefficient (Wildman–Crippen LogP) is -0.513. The van der Waals surface area contributed by atoms with Crippen molar-refractivity contribution >= 4 is 11.6 Å². The van der Waals surface area contributed by atoms with Crippen molar-refractivity contribution in [3.63, 3.8) is 0 Å². The molecule has 0 bridgehead atoms. The summed E-state index contributed by atoms with van der Waals surface area (Å²) in [6, 6.07) is 6.38. The standard InChI is InChI=1S/C16H22N6O4/c1-20(2)9-8-17-15(23)11-4-6-12(7-5-11)18-16(24)14-19-13(22(25)26)10-21(14)3/h4-7,10,18-19,24H,8-9H2,1-3H3,(H,17,23)/p-1. The molecule has 0 spiro atoms. The fourth-order valence-electron chi connectivity index (χ4n) is 2.19. The van der Waals surface area contributed by atoms with E-state index in [0.717, 1.165) is 6.54 Å². The van der Waals surface area contributed by atoms with Gasteiger partial charge < -0.3 is 35.7 Å². The third kappa shape index (κ3) is 4.86. The zero-order chi connectivity index (χ0) is 19.3. The molecule has 3 N–H and O–H groups in total. The van der Waals surface area contributed by atoms with Crippen molar-refractivity contribution in [1.29, 1.82) is 0 Å². The molecule has 1 aromatic carbocycles. The molecule has 0 fully saturated rings. The van der Waals surface area contributed by atoms with Crippen molar-refractivity contribution in [2.45, 2.75) is 0 Å². The highest BCUT2D eigenvalue weighted by Crippen LogP contribution is 2.16. The summed E-state index contributed by atoms with van der Waals surface area (Å²) >= 11 is 0. The SMILES string of the molecule is CN(C)CCNC(=O)c1ccc(NC([O-])=C2NC([N+](=O)[O-])=CN2C)cc1. The van der Waals surface area contributed by atoms with Crippen molar-refractivity contribution in [3.8, 4) is 0 Å². The van der Waals surface area contributed by atoms with Gasteiger partial charge in [-0.1, -0.05) is 0 Å². The Bertz CT molecular complexity index is 742. The zero-order valence-corrected chi connectivity index (χ0v) is 14.8. The number of rotatable bonds is 7. The number of hydrogen-bond donors (Lipinski definition) is 3. The molecular weight excluding hydrogens is 340 g/mol. The van der Waals surface area contributed by atoms with Crippen molar-refractivity contribution < 1.29 is 14.8 Å². The van der Waals surface area contributed by atoms with Crippen LogP contribution in [0.1, 0.15) is 10.4 Å². The Balaban J connectivity index is 1.98. The van der Waals surface area contributed by atoms with Crippen molar-refractivity contribution in [1.82, 2.24) is 20.4 Å². The van der Waals surface area contributed by atoms with Crippen LogP contribution in [-0.4, -0.2) is 54.9 Å². The van der Waals surface area contributed by atoms with Crippen LogP contribution in [0, 0.1) is 10.1 Å². The molecule has 0 atom stereocenters. The monoisotopic (exact) mass is 361 g/mol. The van der Waals surface area contributed by atoms with E-state index in [2.05, 4.69) is 16.0 Å². The molecular formula is C16H21N6O4-. The van der Waals surface area contributed by atoms with E-state index in [0.29, 0.717) is 17.8 Å². The van der Waals surface area contributed by atoms with Gasteiger partial charge in [0.1, 0.15) is 6.20 Å². The summed E-state index contributed by atoms with van der Waals surface area (Å²) in [5, 5.41) is 30.8. The molecule has 0 aromatic heterocycles. The molecule has 0 saturated heterocycles. The summed E-state index contributed by atoms with van der Waals surface area (Å²) in [6.07, 6.45) is 1.22. The second-order valence-corrected chi connectivity index (χ2v) is 5.95. The minimum absolute atomic E-state index is 0.0437. The Morgan fingerprint density at radius 3 is 2.50 bits per heavy atom. The van der Waals surface area contributed by atoms with Crippen LogP contribution in [0.15, 0.2) is 48.0 Å². The number of nitrogens with zero attached hydrogens (tertiary/aromatic N) is 3. The van der Waals surface area contributed by atoms with Crippen LogP contribution >= 0.6 is 0 Å². The highest BCUT2D eigenvalue weighted by atomic mass is 16.6. The van der Waals surface area contributed by atoms with Crippen molar-refractivity contribution in [2.24, 2.45) is 0 Å². The molecule has 1 aliphatic rings. The lowest BCUT2D eigenvalue weighted by atomic mass is 10.2. The van der Waals surface area contributed by atoms with Gasteiger partial charge in [-0.2, -0.15) is 0 Å². The van der Waals surface area contributed by atoms with Gasteiger partial charge in [-0.3, -0.25) is 4.79 Å². The second-order valence-electron chi connectivity index (χ2n) is 5.95. The first kappa shape index (κ1) is 19.1. The fraction of sp³-hybridized carbons (Fsp3) is 0.312. The van der Waals surface area contributed by atoms with E-state index < -0.39 is 10.8 Å². The Kier molecular flexibility index (Phi) is 6.02. The van der Waals surface area contributed by atoms with Crippen molar-refractivity contribution in [2.75, 3.05) is 39.5 Å². The lowest BCUT2D eigenvalue weighted by molar-refractivity contribution is -0.430. The van der Waals surface area contributed by atoms with E-state index in [9.17, 15) is 20.0 Å². The predicted molar refractivity (Wildman–Crippen MR) is 94.0 cm³/mol. The van der Waals surface area contributed by atoms with Gasteiger partial charge in [-0.15, -0.1) is 0 Å². The average Bonchev–Trinajstić information content (AvgIpc) is 2.97. The van der Waals surface area contributed by atoms with E-state index in [1.165, 1.54) is 18.1 Å². The summed E-state index contributed by atoms with van der Waals surface area (Å²) in [5.74, 6) is -0.954. The molecule has 2 rings (SSSR count). The third-order valence-corrected chi connectivity index (χ3v) is 3.58. The van der Waals surface area contributed by atoms with Crippen LogP contribution in [-0.2, 0) is 0 Å². The van der Waals surface area contributed by atoms with Crippen molar-refractivity contribution in [3.05, 3.63) is 63.7 Å². The topological polar surface area (TPSA) is 126 Å². The number of nitro groups is 1. The van der Waals surface area contributed by atoms with E-state index in [-0.39, 0.29) is 17.5 Å². The molecule has 140 valence electrons. The number of anilines is 1. The summed E-state index contributed by atoms with van der Waals surface area (Å²) < 4.78 is 0. The van der Waals surface area contributed by atoms with Gasteiger partial charge in [0.05, 0.1) is 0 Å². The third-order valence-electron chi connectivity index (χ3n) is 3.58. The number of amides is 1. The summed E-state index contributed by atoms with van der Waals surface area (Å²) in [4.78, 5) is 25.4. The average molecular weight is 361 g/mol. The molecule has 1 amide bonds. The van der Waals surface area contributed by atoms with Crippen LogP contribution in [0.4, 0.5) is 5.69 Å². The second kappa shape index (κ2) is 8.21. The van der Waals surface area contributed by atoms with E-state index >= 15 is 0 Å². The molecule has 0 unspecified atom stereocenters. The molecule has 26 heavy (non-hydrogen) atoms. The molecule has 1 aliphatic heterocycles. The van der Waals surface area contributed by atoms with Crippen LogP contribution in [0.2, 0.25) is 0 Å². The number of carbonyl (C=O) groups excluding carboxylic acids is 1. The van der Waals surface area contributed by atoms with E-state index in [1.807, 2.05) is 19.0 Å². The fourth-order valence-corrected chi connectivity index (χ4v) is 2.19. The molecule has 1 aromatic rings. The summed E-state index contributed by atoms with van der Waals surface area (Å²) in [7, 11) is 5.37. The Morgan fingerprint density at radius 1 is 1.31 bits per heavy atom. The maximum atomic E-state index is 12.2. The highest BCUT2D eigenvalue weighted by Gasteiger charge is 2.24. The first-order valence-corrected chi connectivity index (χ1v) is 7.85. The number of hydrogen-bond acceptors (Lipinski definition) is 8. The Morgan fingerprint density at radius 2 is 1.96 bits per heavy atom. The summed E-state index contributed by atoms with van der Waals surface area (Å²) in [6.45, 7) is 1.27. The van der Waals surface area contributed by atoms with Gasteiger partial charge in [0.2, 0.25) is 5.82 Å². The molecule has 10 heteroatoms. The van der Waals surface area contributed by atoms with E-state index in [1.54, 1.807) is 24.3 Å². The molecule has 1 heterocycles. The minimum atomic E-state index is -0.611. The highest BCUT2D eigenvalue weighted by molar-refractivity contribution is 5.94. The lowest BCUT2D eigenvalue weighted by Crippen LogP contribution is -2.31. The number of nitrogens with one attached hydrogen (secondary N) is 3. The van der Waals surface area contributed by atoms with Crippen LogP contribution < -0.4 is 21.1 Å². The molecule has 10 nitrogen and oxygen atoms in total. The normalized spacial score (nSPS) is 15.4. The van der Waals surface area contributed by atoms with Gasteiger partial charge >= 0.3 is 5.82 Å². The molecule has 0 aliphatic carbocycles. The zero-order valence-electron chi connectivity index (χ0n) is 14.8. The van der Waals surface area contributed by atoms with Gasteiger partial charge in [0.25, 0.3) is 5.91 Å². The minimum Gasteiger partial charge on any atom is -0.856 e. The Labute approximate surface area is 150 Å². The van der Waals surface area contributed by atoms with Gasteiger partial charge in [-0.25, -0.2) is 5.32 Å². The van der Waals surface area contributed by atoms with Crippen LogP contribution in [0.25, 0.3) is 0 Å². The number of likely N-dealkylation sites (N-methyl/N-ethyl adjacent to an activating group) is 1. The largest absolute Gasteiger partial charge is 0.856 e. The van der Waals surface area contributed by atoms with E-state index in [4.69, 9.17) is 0 Å². The lowest BCUT2D eigenvalue weighted by Gasteiger charge is -2.19. The maximum absolute atomic E-state index is 12.2. The first-order chi connectivity index (χ1) is 12.3. The number of benzene rings is 1. The smallest absolute Gasteiger partial charge is 0.338 e. The number of carbonyl (C=O) groups is 1. The van der Waals surface area contributed by atoms with Gasteiger partial charge in [0, 0.05) is 37.3 Å². The molecule has 0 saturated carbocycles. The first-order valence-electron chi connectivity index (χ1n) is 7.85. The maximum Gasteiger partial charge on any atom is 0.338 e. The van der Waals surface area contributed by atoms with Gasteiger partial charge in [0.15, 0.2) is 0 Å². The Hall–Kier alpha value is -3.27. The molecule has 0 radical (unpaired) electrons. The van der Waals surface area contributed by atoms with Crippen LogP contribution in [0.5, 0.6) is 0 Å². The van der Waals surface area contributed by atoms with Crippen LogP contribution in [0.3, 0.4) is 0 Å².